The fourth-order valence-electron chi connectivity index (χ4n) is 3.09. The van der Waals surface area contributed by atoms with E-state index in [9.17, 15) is 8.42 Å². The highest BCUT2D eigenvalue weighted by Gasteiger charge is 2.14. The number of rotatable bonds is 6. The molecule has 0 aliphatic heterocycles. The topological polar surface area (TPSA) is 72.0 Å². The van der Waals surface area contributed by atoms with E-state index < -0.39 is 10.0 Å². The van der Waals surface area contributed by atoms with Gasteiger partial charge in [0.15, 0.2) is 0 Å². The van der Waals surface area contributed by atoms with Crippen LogP contribution in [0.1, 0.15) is 11.1 Å². The summed E-state index contributed by atoms with van der Waals surface area (Å²) in [5.74, 6) is 0. The predicted octanol–water partition coefficient (Wildman–Crippen LogP) is 4.60. The Bertz CT molecular complexity index is 1240. The molecule has 0 aliphatic carbocycles. The fourth-order valence-corrected chi connectivity index (χ4v) is 4.11. The lowest BCUT2D eigenvalue weighted by molar-refractivity contribution is 0.581. The normalized spacial score (nSPS) is 11.4. The first-order chi connectivity index (χ1) is 14.5. The number of nitrogens with one attached hydrogen (secondary N) is 1. The van der Waals surface area contributed by atoms with Crippen molar-refractivity contribution in [2.75, 3.05) is 0 Å². The third kappa shape index (κ3) is 4.62. The summed E-state index contributed by atoms with van der Waals surface area (Å²) in [7, 11) is -3.62. The standard InChI is InChI=1S/C24H21N3O2S/c1-18-4-6-20(7-5-18)21-8-10-23(11-9-21)30(28,29)27-16-19-12-14-26-24(15-19)22-3-2-13-25-17-22/h2-15,17,27H,16H2,1H3. The Balaban J connectivity index is 1.48. The van der Waals surface area contributed by atoms with Crippen LogP contribution in [0.4, 0.5) is 0 Å². The lowest BCUT2D eigenvalue weighted by Crippen LogP contribution is -2.23. The molecule has 0 bridgehead atoms. The number of aryl methyl sites for hydroxylation is 1. The Morgan fingerprint density at radius 3 is 2.20 bits per heavy atom. The van der Waals surface area contributed by atoms with Gasteiger partial charge in [0, 0.05) is 30.7 Å². The van der Waals surface area contributed by atoms with E-state index in [2.05, 4.69) is 14.7 Å². The number of nitrogens with zero attached hydrogens (tertiary/aromatic N) is 2. The van der Waals surface area contributed by atoms with Gasteiger partial charge in [-0.05, 0) is 60.0 Å². The fraction of sp³-hybridized carbons (Fsp3) is 0.0833. The minimum Gasteiger partial charge on any atom is -0.264 e. The van der Waals surface area contributed by atoms with Crippen LogP contribution in [0.3, 0.4) is 0 Å². The van der Waals surface area contributed by atoms with Crippen LogP contribution in [0.2, 0.25) is 0 Å². The molecule has 1 N–H and O–H groups in total. The summed E-state index contributed by atoms with van der Waals surface area (Å²) < 4.78 is 28.1. The van der Waals surface area contributed by atoms with Crippen LogP contribution in [-0.4, -0.2) is 18.4 Å². The molecule has 2 aromatic carbocycles. The Morgan fingerprint density at radius 2 is 1.53 bits per heavy atom. The third-order valence-corrected chi connectivity index (χ3v) is 6.21. The van der Waals surface area contributed by atoms with Gasteiger partial charge in [0.1, 0.15) is 0 Å². The van der Waals surface area contributed by atoms with Crippen molar-refractivity contribution in [1.29, 1.82) is 0 Å². The molecule has 30 heavy (non-hydrogen) atoms. The number of hydrogen-bond acceptors (Lipinski definition) is 4. The van der Waals surface area contributed by atoms with E-state index in [1.165, 1.54) is 5.56 Å². The van der Waals surface area contributed by atoms with Gasteiger partial charge in [-0.1, -0.05) is 42.0 Å². The molecule has 4 rings (SSSR count). The third-order valence-electron chi connectivity index (χ3n) is 4.80. The molecule has 2 heterocycles. The molecule has 0 saturated heterocycles. The van der Waals surface area contributed by atoms with Gasteiger partial charge >= 0.3 is 0 Å². The Morgan fingerprint density at radius 1 is 0.833 bits per heavy atom. The van der Waals surface area contributed by atoms with E-state index >= 15 is 0 Å². The van der Waals surface area contributed by atoms with Crippen molar-refractivity contribution in [2.24, 2.45) is 0 Å². The van der Waals surface area contributed by atoms with Gasteiger partial charge in [-0.25, -0.2) is 13.1 Å². The first-order valence-electron chi connectivity index (χ1n) is 9.53. The van der Waals surface area contributed by atoms with Crippen molar-refractivity contribution in [2.45, 2.75) is 18.4 Å². The van der Waals surface area contributed by atoms with E-state index in [4.69, 9.17) is 0 Å². The summed E-state index contributed by atoms with van der Waals surface area (Å²) in [6, 6.07) is 22.5. The van der Waals surface area contributed by atoms with Crippen LogP contribution < -0.4 is 4.72 Å². The quantitative estimate of drug-likeness (QED) is 0.500. The zero-order valence-electron chi connectivity index (χ0n) is 16.5. The lowest BCUT2D eigenvalue weighted by atomic mass is 10.0. The van der Waals surface area contributed by atoms with Crippen LogP contribution in [0, 0.1) is 6.92 Å². The maximum atomic E-state index is 12.7. The molecule has 0 saturated carbocycles. The van der Waals surface area contributed by atoms with Crippen molar-refractivity contribution in [3.05, 3.63) is 103 Å². The minimum atomic E-state index is -3.62. The van der Waals surface area contributed by atoms with E-state index in [0.29, 0.717) is 0 Å². The zero-order chi connectivity index (χ0) is 21.0. The predicted molar refractivity (Wildman–Crippen MR) is 118 cm³/mol. The smallest absolute Gasteiger partial charge is 0.240 e. The Hall–Kier alpha value is -3.35. The van der Waals surface area contributed by atoms with E-state index in [1.807, 2.05) is 61.5 Å². The first kappa shape index (κ1) is 19.9. The number of pyridine rings is 2. The van der Waals surface area contributed by atoms with Crippen molar-refractivity contribution < 1.29 is 8.42 Å². The molecule has 0 atom stereocenters. The van der Waals surface area contributed by atoms with Crippen molar-refractivity contribution in [1.82, 2.24) is 14.7 Å². The van der Waals surface area contributed by atoms with Gasteiger partial charge in [0.05, 0.1) is 10.6 Å². The second-order valence-corrected chi connectivity index (χ2v) is 8.77. The SMILES string of the molecule is Cc1ccc(-c2ccc(S(=O)(=O)NCc3ccnc(-c4cccnc4)c3)cc2)cc1. The van der Waals surface area contributed by atoms with Crippen LogP contribution in [0.25, 0.3) is 22.4 Å². The van der Waals surface area contributed by atoms with E-state index in [0.717, 1.165) is 27.9 Å². The summed E-state index contributed by atoms with van der Waals surface area (Å²) in [6.07, 6.45) is 5.10. The van der Waals surface area contributed by atoms with Crippen LogP contribution in [0.5, 0.6) is 0 Å². The highest BCUT2D eigenvalue weighted by atomic mass is 32.2. The second kappa shape index (κ2) is 8.57. The molecule has 2 aromatic heterocycles. The second-order valence-electron chi connectivity index (χ2n) is 7.01. The Kier molecular flexibility index (Phi) is 5.70. The summed E-state index contributed by atoms with van der Waals surface area (Å²) in [5.41, 5.74) is 5.67. The number of sulfonamides is 1. The molecule has 5 nitrogen and oxygen atoms in total. The molecule has 0 aliphatic rings. The zero-order valence-corrected chi connectivity index (χ0v) is 17.3. The molecule has 0 unspecified atom stereocenters. The molecular formula is C24H21N3O2S. The maximum absolute atomic E-state index is 12.7. The van der Waals surface area contributed by atoms with Crippen molar-refractivity contribution in [3.63, 3.8) is 0 Å². The molecule has 0 amide bonds. The molecule has 0 radical (unpaired) electrons. The monoisotopic (exact) mass is 415 g/mol. The number of benzene rings is 2. The number of hydrogen-bond donors (Lipinski definition) is 1. The molecule has 4 aromatic rings. The average Bonchev–Trinajstić information content (AvgIpc) is 2.79. The highest BCUT2D eigenvalue weighted by molar-refractivity contribution is 7.89. The van der Waals surface area contributed by atoms with Crippen LogP contribution >= 0.6 is 0 Å². The lowest BCUT2D eigenvalue weighted by Gasteiger charge is -2.09. The minimum absolute atomic E-state index is 0.178. The number of aromatic nitrogens is 2. The highest BCUT2D eigenvalue weighted by Crippen LogP contribution is 2.22. The summed E-state index contributed by atoms with van der Waals surface area (Å²) in [5, 5.41) is 0. The van der Waals surface area contributed by atoms with Crippen LogP contribution in [0.15, 0.2) is 96.3 Å². The maximum Gasteiger partial charge on any atom is 0.240 e. The van der Waals surface area contributed by atoms with E-state index in [-0.39, 0.29) is 11.4 Å². The summed E-state index contributed by atoms with van der Waals surface area (Å²) in [6.45, 7) is 2.21. The van der Waals surface area contributed by atoms with Crippen molar-refractivity contribution >= 4 is 10.0 Å². The van der Waals surface area contributed by atoms with Gasteiger partial charge in [0.2, 0.25) is 10.0 Å². The van der Waals surface area contributed by atoms with Gasteiger partial charge in [-0.2, -0.15) is 0 Å². The molecule has 0 fully saturated rings. The van der Waals surface area contributed by atoms with Crippen molar-refractivity contribution in [3.8, 4) is 22.4 Å². The molecule has 150 valence electrons. The average molecular weight is 416 g/mol. The van der Waals surface area contributed by atoms with Gasteiger partial charge < -0.3 is 0 Å². The molecule has 6 heteroatoms. The summed E-state index contributed by atoms with van der Waals surface area (Å²) in [4.78, 5) is 8.67. The Labute approximate surface area is 176 Å². The first-order valence-corrected chi connectivity index (χ1v) is 11.0. The van der Waals surface area contributed by atoms with Crippen LogP contribution in [-0.2, 0) is 16.6 Å². The van der Waals surface area contributed by atoms with Gasteiger partial charge in [-0.15, -0.1) is 0 Å². The largest absolute Gasteiger partial charge is 0.264 e. The van der Waals surface area contributed by atoms with Gasteiger partial charge in [-0.3, -0.25) is 9.97 Å². The summed E-state index contributed by atoms with van der Waals surface area (Å²) >= 11 is 0. The van der Waals surface area contributed by atoms with E-state index in [1.54, 1.807) is 36.8 Å². The van der Waals surface area contributed by atoms with Gasteiger partial charge in [0.25, 0.3) is 0 Å². The molecular weight excluding hydrogens is 394 g/mol. The molecule has 0 spiro atoms.